The van der Waals surface area contributed by atoms with Crippen LogP contribution in [-0.4, -0.2) is 5.78 Å². The van der Waals surface area contributed by atoms with Crippen LogP contribution < -0.4 is 0 Å². The molecule has 0 atom stereocenters. The lowest BCUT2D eigenvalue weighted by Gasteiger charge is -2.06. The van der Waals surface area contributed by atoms with Gasteiger partial charge in [0, 0.05) is 20.9 Å². The minimum Gasteiger partial charge on any atom is -0.289 e. The van der Waals surface area contributed by atoms with Gasteiger partial charge in [-0.05, 0) is 12.1 Å². The zero-order valence-corrected chi connectivity index (χ0v) is 10.2. The smallest absolute Gasteiger partial charge is 0.194 e. The Morgan fingerprint density at radius 2 is 1.56 bits per heavy atom. The van der Waals surface area contributed by atoms with Gasteiger partial charge in [-0.2, -0.15) is 0 Å². The predicted molar refractivity (Wildman–Crippen MR) is 70.8 cm³/mol. The highest BCUT2D eigenvalue weighted by atomic mass is 32.1. The number of benzene rings is 2. The van der Waals surface area contributed by atoms with E-state index in [1.807, 2.05) is 24.3 Å². The van der Waals surface area contributed by atoms with Crippen LogP contribution in [0.3, 0.4) is 0 Å². The molecule has 2 aromatic rings. The second kappa shape index (κ2) is 4.76. The average molecular weight is 246 g/mol. The fraction of sp³-hybridized carbons (Fsp3) is 0. The van der Waals surface area contributed by atoms with Crippen LogP contribution in [0.2, 0.25) is 0 Å². The van der Waals surface area contributed by atoms with Gasteiger partial charge in [0.15, 0.2) is 5.78 Å². The molecule has 0 fully saturated rings. The second-order valence-corrected chi connectivity index (χ2v) is 4.30. The SMILES string of the molecule is O=C(c1ccccc1)c1cccc(S)c1S. The molecule has 0 aliphatic heterocycles. The van der Waals surface area contributed by atoms with Crippen LogP contribution in [0.1, 0.15) is 15.9 Å². The van der Waals surface area contributed by atoms with Gasteiger partial charge in [0.1, 0.15) is 0 Å². The molecular formula is C13H10OS2. The molecule has 0 spiro atoms. The van der Waals surface area contributed by atoms with Gasteiger partial charge in [-0.15, -0.1) is 25.3 Å². The van der Waals surface area contributed by atoms with Crippen LogP contribution in [-0.2, 0) is 0 Å². The number of carbonyl (C=O) groups is 1. The van der Waals surface area contributed by atoms with E-state index in [2.05, 4.69) is 25.3 Å². The molecule has 0 saturated carbocycles. The summed E-state index contributed by atoms with van der Waals surface area (Å²) in [5.41, 5.74) is 1.25. The van der Waals surface area contributed by atoms with Crippen molar-refractivity contribution in [1.82, 2.24) is 0 Å². The number of carbonyl (C=O) groups excluding carboxylic acids is 1. The molecule has 16 heavy (non-hydrogen) atoms. The maximum atomic E-state index is 12.1. The van der Waals surface area contributed by atoms with Crippen LogP contribution in [0.4, 0.5) is 0 Å². The molecule has 1 nitrogen and oxygen atoms in total. The summed E-state index contributed by atoms with van der Waals surface area (Å²) >= 11 is 8.55. The summed E-state index contributed by atoms with van der Waals surface area (Å²) in [6.45, 7) is 0. The molecule has 0 radical (unpaired) electrons. The third-order valence-electron chi connectivity index (χ3n) is 2.30. The number of rotatable bonds is 2. The average Bonchev–Trinajstić information content (AvgIpc) is 2.33. The van der Waals surface area contributed by atoms with Crippen molar-refractivity contribution in [3.63, 3.8) is 0 Å². The summed E-state index contributed by atoms with van der Waals surface area (Å²) in [4.78, 5) is 13.5. The van der Waals surface area contributed by atoms with Crippen molar-refractivity contribution in [3.8, 4) is 0 Å². The van der Waals surface area contributed by atoms with Crippen LogP contribution in [0.15, 0.2) is 58.3 Å². The Morgan fingerprint density at radius 3 is 2.25 bits per heavy atom. The molecule has 0 aliphatic carbocycles. The minimum atomic E-state index is -0.0264. The zero-order chi connectivity index (χ0) is 11.5. The first-order chi connectivity index (χ1) is 7.70. The van der Waals surface area contributed by atoms with Crippen LogP contribution >= 0.6 is 25.3 Å². The van der Waals surface area contributed by atoms with Crippen molar-refractivity contribution in [2.45, 2.75) is 9.79 Å². The molecule has 0 saturated heterocycles. The van der Waals surface area contributed by atoms with E-state index >= 15 is 0 Å². The molecule has 0 heterocycles. The third-order valence-corrected chi connectivity index (χ3v) is 3.33. The summed E-state index contributed by atoms with van der Waals surface area (Å²) in [5, 5.41) is 0. The second-order valence-electron chi connectivity index (χ2n) is 3.37. The van der Waals surface area contributed by atoms with Crippen molar-refractivity contribution < 1.29 is 4.79 Å². The van der Waals surface area contributed by atoms with Crippen molar-refractivity contribution in [2.75, 3.05) is 0 Å². The Bertz CT molecular complexity index is 521. The van der Waals surface area contributed by atoms with Crippen molar-refractivity contribution in [2.24, 2.45) is 0 Å². The molecule has 0 bridgehead atoms. The molecule has 0 aromatic heterocycles. The minimum absolute atomic E-state index is 0.0264. The maximum Gasteiger partial charge on any atom is 0.194 e. The molecule has 0 N–H and O–H groups in total. The molecule has 0 aliphatic rings. The lowest BCUT2D eigenvalue weighted by Crippen LogP contribution is -2.02. The van der Waals surface area contributed by atoms with Gasteiger partial charge in [0.25, 0.3) is 0 Å². The number of hydrogen-bond acceptors (Lipinski definition) is 3. The number of ketones is 1. The highest BCUT2D eigenvalue weighted by molar-refractivity contribution is 7.83. The molecule has 2 aromatic carbocycles. The Hall–Kier alpha value is -1.19. The number of thiol groups is 2. The molecule has 0 amide bonds. The molecule has 80 valence electrons. The molecule has 2 rings (SSSR count). The number of hydrogen-bond donors (Lipinski definition) is 2. The molecular weight excluding hydrogens is 236 g/mol. The fourth-order valence-electron chi connectivity index (χ4n) is 1.46. The van der Waals surface area contributed by atoms with Crippen molar-refractivity contribution in [1.29, 1.82) is 0 Å². The van der Waals surface area contributed by atoms with Crippen LogP contribution in [0, 0.1) is 0 Å². The van der Waals surface area contributed by atoms with Gasteiger partial charge < -0.3 is 0 Å². The zero-order valence-electron chi connectivity index (χ0n) is 8.42. The topological polar surface area (TPSA) is 17.1 Å². The van der Waals surface area contributed by atoms with Crippen LogP contribution in [0.5, 0.6) is 0 Å². The summed E-state index contributed by atoms with van der Waals surface area (Å²) < 4.78 is 0. The van der Waals surface area contributed by atoms with E-state index in [9.17, 15) is 4.79 Å². The van der Waals surface area contributed by atoms with Crippen LogP contribution in [0.25, 0.3) is 0 Å². The van der Waals surface area contributed by atoms with E-state index < -0.39 is 0 Å². The maximum absolute atomic E-state index is 12.1. The van der Waals surface area contributed by atoms with Gasteiger partial charge >= 0.3 is 0 Å². The van der Waals surface area contributed by atoms with Gasteiger partial charge in [-0.25, -0.2) is 0 Å². The molecule has 3 heteroatoms. The lowest BCUT2D eigenvalue weighted by atomic mass is 10.0. The van der Waals surface area contributed by atoms with E-state index in [-0.39, 0.29) is 5.78 Å². The summed E-state index contributed by atoms with van der Waals surface area (Å²) in [6, 6.07) is 14.5. The first-order valence-electron chi connectivity index (χ1n) is 4.81. The van der Waals surface area contributed by atoms with Crippen molar-refractivity contribution in [3.05, 3.63) is 59.7 Å². The van der Waals surface area contributed by atoms with E-state index in [4.69, 9.17) is 0 Å². The molecule has 0 unspecified atom stereocenters. The van der Waals surface area contributed by atoms with Gasteiger partial charge in [0.05, 0.1) is 0 Å². The summed E-state index contributed by atoms with van der Waals surface area (Å²) in [5.74, 6) is -0.0264. The normalized spacial score (nSPS) is 10.1. The van der Waals surface area contributed by atoms with Crippen molar-refractivity contribution >= 4 is 31.0 Å². The Labute approximate surface area is 105 Å². The highest BCUT2D eigenvalue weighted by Crippen LogP contribution is 2.24. The summed E-state index contributed by atoms with van der Waals surface area (Å²) in [7, 11) is 0. The van der Waals surface area contributed by atoms with E-state index in [0.29, 0.717) is 20.9 Å². The largest absolute Gasteiger partial charge is 0.289 e. The first kappa shape index (κ1) is 11.3. The van der Waals surface area contributed by atoms with E-state index in [1.54, 1.807) is 24.3 Å². The Morgan fingerprint density at radius 1 is 0.875 bits per heavy atom. The van der Waals surface area contributed by atoms with Gasteiger partial charge in [0.2, 0.25) is 0 Å². The fourth-order valence-corrected chi connectivity index (χ4v) is 1.92. The van der Waals surface area contributed by atoms with Gasteiger partial charge in [-0.3, -0.25) is 4.79 Å². The quantitative estimate of drug-likeness (QED) is 0.612. The standard InChI is InChI=1S/C13H10OS2/c14-12(9-5-2-1-3-6-9)10-7-4-8-11(15)13(10)16/h1-8,15-16H. The van der Waals surface area contributed by atoms with E-state index in [1.165, 1.54) is 0 Å². The predicted octanol–water partition coefficient (Wildman–Crippen LogP) is 3.50. The summed E-state index contributed by atoms with van der Waals surface area (Å²) in [6.07, 6.45) is 0. The third kappa shape index (κ3) is 2.15. The van der Waals surface area contributed by atoms with E-state index in [0.717, 1.165) is 0 Å². The lowest BCUT2D eigenvalue weighted by molar-refractivity contribution is 0.103. The van der Waals surface area contributed by atoms with Gasteiger partial charge in [-0.1, -0.05) is 36.4 Å². The Balaban J connectivity index is 2.46. The Kier molecular flexibility index (Phi) is 3.36. The highest BCUT2D eigenvalue weighted by Gasteiger charge is 2.12. The first-order valence-corrected chi connectivity index (χ1v) is 5.70. The monoisotopic (exact) mass is 246 g/mol.